The van der Waals surface area contributed by atoms with Crippen LogP contribution in [-0.2, 0) is 6.42 Å². The zero-order valence-electron chi connectivity index (χ0n) is 10.9. The lowest BCUT2D eigenvalue weighted by molar-refractivity contribution is 0.418. The molecule has 0 aliphatic heterocycles. The van der Waals surface area contributed by atoms with Gasteiger partial charge in [0.15, 0.2) is 0 Å². The summed E-state index contributed by atoms with van der Waals surface area (Å²) in [6.07, 6.45) is 1.88. The first-order valence-electron chi connectivity index (χ1n) is 6.22. The first kappa shape index (κ1) is 14.2. The highest BCUT2D eigenvalue weighted by atomic mass is 35.5. The van der Waals surface area contributed by atoms with Crippen LogP contribution in [0.1, 0.15) is 26.0 Å². The van der Waals surface area contributed by atoms with Crippen molar-refractivity contribution in [2.45, 2.75) is 26.7 Å². The molecule has 102 valence electrons. The first-order chi connectivity index (χ1) is 9.02. The standard InChI is InChI=1S/C14H16Cl2N2O/c1-3-8(2)6-12-13(14(17)19-18-12)10-5-4-9(15)7-11(10)16/h4-5,7-8H,3,6,17H2,1-2H3. The molecule has 0 aliphatic rings. The molecule has 0 spiro atoms. The van der Waals surface area contributed by atoms with Crippen LogP contribution in [0.3, 0.4) is 0 Å². The van der Waals surface area contributed by atoms with Crippen molar-refractivity contribution >= 4 is 29.1 Å². The molecular formula is C14H16Cl2N2O. The Labute approximate surface area is 122 Å². The van der Waals surface area contributed by atoms with Crippen molar-refractivity contribution in [3.05, 3.63) is 33.9 Å². The van der Waals surface area contributed by atoms with Crippen molar-refractivity contribution in [3.63, 3.8) is 0 Å². The summed E-state index contributed by atoms with van der Waals surface area (Å²) in [5.74, 6) is 0.803. The monoisotopic (exact) mass is 298 g/mol. The molecule has 0 fully saturated rings. The summed E-state index contributed by atoms with van der Waals surface area (Å²) in [5, 5.41) is 5.19. The molecule has 2 rings (SSSR count). The number of rotatable bonds is 4. The Balaban J connectivity index is 2.46. The maximum absolute atomic E-state index is 6.23. The topological polar surface area (TPSA) is 52.0 Å². The van der Waals surface area contributed by atoms with Gasteiger partial charge in [-0.25, -0.2) is 0 Å². The number of nitrogen functional groups attached to an aromatic ring is 1. The number of nitrogens with two attached hydrogens (primary N) is 1. The Morgan fingerprint density at radius 2 is 2.11 bits per heavy atom. The zero-order chi connectivity index (χ0) is 14.0. The molecule has 5 heteroatoms. The predicted molar refractivity (Wildman–Crippen MR) is 79.5 cm³/mol. The van der Waals surface area contributed by atoms with E-state index in [9.17, 15) is 0 Å². The van der Waals surface area contributed by atoms with Crippen LogP contribution in [0.5, 0.6) is 0 Å². The van der Waals surface area contributed by atoms with E-state index in [2.05, 4.69) is 19.0 Å². The molecule has 3 nitrogen and oxygen atoms in total. The van der Waals surface area contributed by atoms with Gasteiger partial charge in [-0.1, -0.05) is 54.7 Å². The molecule has 0 aliphatic carbocycles. The Morgan fingerprint density at radius 3 is 2.74 bits per heavy atom. The lowest BCUT2D eigenvalue weighted by Crippen LogP contribution is -2.00. The summed E-state index contributed by atoms with van der Waals surface area (Å²) >= 11 is 12.1. The summed E-state index contributed by atoms with van der Waals surface area (Å²) in [6, 6.07) is 5.31. The number of hydrogen-bond acceptors (Lipinski definition) is 3. The van der Waals surface area contributed by atoms with E-state index in [1.54, 1.807) is 12.1 Å². The Hall–Kier alpha value is -1.19. The second kappa shape index (κ2) is 5.85. The van der Waals surface area contributed by atoms with Crippen LogP contribution in [-0.4, -0.2) is 5.16 Å². The van der Waals surface area contributed by atoms with Gasteiger partial charge in [0.1, 0.15) is 0 Å². The van der Waals surface area contributed by atoms with E-state index in [1.807, 2.05) is 6.07 Å². The fourth-order valence-corrected chi connectivity index (χ4v) is 2.43. The number of aromatic nitrogens is 1. The SMILES string of the molecule is CCC(C)Cc1noc(N)c1-c1ccc(Cl)cc1Cl. The largest absolute Gasteiger partial charge is 0.367 e. The second-order valence-electron chi connectivity index (χ2n) is 4.71. The third-order valence-corrected chi connectivity index (χ3v) is 3.78. The number of halogens is 2. The van der Waals surface area contributed by atoms with Gasteiger partial charge in [-0.05, 0) is 24.5 Å². The minimum atomic E-state index is 0.294. The molecular weight excluding hydrogens is 283 g/mol. The normalized spacial score (nSPS) is 12.6. The highest BCUT2D eigenvalue weighted by Crippen LogP contribution is 2.37. The minimum absolute atomic E-state index is 0.294. The Morgan fingerprint density at radius 1 is 1.37 bits per heavy atom. The van der Waals surface area contributed by atoms with Crippen molar-refractivity contribution in [3.8, 4) is 11.1 Å². The number of anilines is 1. The molecule has 0 bridgehead atoms. The molecule has 0 radical (unpaired) electrons. The van der Waals surface area contributed by atoms with Crippen LogP contribution in [0.2, 0.25) is 10.0 Å². The van der Waals surface area contributed by atoms with E-state index in [4.69, 9.17) is 33.5 Å². The van der Waals surface area contributed by atoms with Crippen LogP contribution >= 0.6 is 23.2 Å². The van der Waals surface area contributed by atoms with Gasteiger partial charge in [0.05, 0.1) is 16.3 Å². The van der Waals surface area contributed by atoms with Crippen LogP contribution in [0.4, 0.5) is 5.88 Å². The molecule has 1 aromatic heterocycles. The van der Waals surface area contributed by atoms with E-state index >= 15 is 0 Å². The Kier molecular flexibility index (Phi) is 4.38. The van der Waals surface area contributed by atoms with Gasteiger partial charge in [-0.2, -0.15) is 0 Å². The third-order valence-electron chi connectivity index (χ3n) is 3.23. The van der Waals surface area contributed by atoms with Crippen LogP contribution in [0.15, 0.2) is 22.7 Å². The van der Waals surface area contributed by atoms with Crippen molar-refractivity contribution in [1.29, 1.82) is 0 Å². The predicted octanol–water partition coefficient (Wildman–Crippen LogP) is 4.82. The number of hydrogen-bond donors (Lipinski definition) is 1. The van der Waals surface area contributed by atoms with Gasteiger partial charge in [-0.15, -0.1) is 0 Å². The summed E-state index contributed by atoms with van der Waals surface area (Å²) < 4.78 is 5.12. The van der Waals surface area contributed by atoms with Crippen LogP contribution in [0.25, 0.3) is 11.1 Å². The van der Waals surface area contributed by atoms with E-state index in [-0.39, 0.29) is 0 Å². The highest BCUT2D eigenvalue weighted by Gasteiger charge is 2.19. The maximum atomic E-state index is 6.23. The smallest absolute Gasteiger partial charge is 0.230 e. The highest BCUT2D eigenvalue weighted by molar-refractivity contribution is 6.36. The first-order valence-corrected chi connectivity index (χ1v) is 6.98. The van der Waals surface area contributed by atoms with Crippen LogP contribution < -0.4 is 5.73 Å². The minimum Gasteiger partial charge on any atom is -0.367 e. The van der Waals surface area contributed by atoms with E-state index in [0.29, 0.717) is 21.8 Å². The average molecular weight is 299 g/mol. The molecule has 1 aromatic carbocycles. The summed E-state index contributed by atoms with van der Waals surface area (Å²) in [7, 11) is 0. The zero-order valence-corrected chi connectivity index (χ0v) is 12.4. The molecule has 2 N–H and O–H groups in total. The molecule has 0 saturated heterocycles. The van der Waals surface area contributed by atoms with E-state index in [0.717, 1.165) is 29.7 Å². The third kappa shape index (κ3) is 3.04. The molecule has 1 unspecified atom stereocenters. The average Bonchev–Trinajstić information content (AvgIpc) is 2.71. The van der Waals surface area contributed by atoms with Gasteiger partial charge >= 0.3 is 0 Å². The number of benzene rings is 1. The molecule has 1 heterocycles. The van der Waals surface area contributed by atoms with E-state index in [1.165, 1.54) is 0 Å². The van der Waals surface area contributed by atoms with Gasteiger partial charge in [-0.3, -0.25) is 0 Å². The lowest BCUT2D eigenvalue weighted by Gasteiger charge is -2.08. The van der Waals surface area contributed by atoms with Crippen molar-refractivity contribution in [2.75, 3.05) is 5.73 Å². The lowest BCUT2D eigenvalue weighted by atomic mass is 9.97. The number of nitrogens with zero attached hydrogens (tertiary/aromatic N) is 1. The van der Waals surface area contributed by atoms with Gasteiger partial charge in [0, 0.05) is 10.6 Å². The molecule has 19 heavy (non-hydrogen) atoms. The van der Waals surface area contributed by atoms with Crippen molar-refractivity contribution in [1.82, 2.24) is 5.16 Å². The van der Waals surface area contributed by atoms with Crippen LogP contribution in [0, 0.1) is 5.92 Å². The molecule has 0 saturated carbocycles. The summed E-state index contributed by atoms with van der Waals surface area (Å²) in [5.41, 5.74) is 8.31. The molecule has 2 aromatic rings. The van der Waals surface area contributed by atoms with Crippen molar-refractivity contribution in [2.24, 2.45) is 5.92 Å². The summed E-state index contributed by atoms with van der Waals surface area (Å²) in [4.78, 5) is 0. The Bertz CT molecular complexity index is 581. The fourth-order valence-electron chi connectivity index (χ4n) is 1.93. The quantitative estimate of drug-likeness (QED) is 0.880. The van der Waals surface area contributed by atoms with E-state index < -0.39 is 0 Å². The van der Waals surface area contributed by atoms with Gasteiger partial charge < -0.3 is 10.3 Å². The van der Waals surface area contributed by atoms with Crippen molar-refractivity contribution < 1.29 is 4.52 Å². The molecule has 1 atom stereocenters. The van der Waals surface area contributed by atoms with Gasteiger partial charge in [0.25, 0.3) is 0 Å². The molecule has 0 amide bonds. The second-order valence-corrected chi connectivity index (χ2v) is 5.55. The van der Waals surface area contributed by atoms with Gasteiger partial charge in [0.2, 0.25) is 5.88 Å². The fraction of sp³-hybridized carbons (Fsp3) is 0.357. The maximum Gasteiger partial charge on any atom is 0.230 e. The summed E-state index contributed by atoms with van der Waals surface area (Å²) in [6.45, 7) is 4.31.